The molecule has 0 amide bonds. The highest BCUT2D eigenvalue weighted by atomic mass is 16.5. The summed E-state index contributed by atoms with van der Waals surface area (Å²) in [6.07, 6.45) is 3.22. The van der Waals surface area contributed by atoms with E-state index in [9.17, 15) is 9.90 Å². The van der Waals surface area contributed by atoms with Crippen LogP contribution in [0.3, 0.4) is 0 Å². The van der Waals surface area contributed by atoms with Crippen LogP contribution >= 0.6 is 0 Å². The summed E-state index contributed by atoms with van der Waals surface area (Å²) >= 11 is 0. The zero-order valence-corrected chi connectivity index (χ0v) is 12.9. The molecule has 1 N–H and O–H groups in total. The van der Waals surface area contributed by atoms with Gasteiger partial charge in [0.2, 0.25) is 0 Å². The molecule has 4 nitrogen and oxygen atoms in total. The number of nitrogens with zero attached hydrogens (tertiary/aromatic N) is 1. The fraction of sp³-hybridized carbons (Fsp3) is 0.588. The number of hydrogen-bond donors (Lipinski definition) is 1. The molecule has 21 heavy (non-hydrogen) atoms. The van der Waals surface area contributed by atoms with E-state index in [0.717, 1.165) is 6.54 Å². The van der Waals surface area contributed by atoms with Gasteiger partial charge in [-0.05, 0) is 57.5 Å². The van der Waals surface area contributed by atoms with Gasteiger partial charge < -0.3 is 9.84 Å². The number of carbonyl (C=O) groups excluding carboxylic acids is 1. The third kappa shape index (κ3) is 4.83. The first-order valence-electron chi connectivity index (χ1n) is 7.72. The topological polar surface area (TPSA) is 49.8 Å². The molecule has 2 rings (SSSR count). The second-order valence-corrected chi connectivity index (χ2v) is 5.89. The molecule has 1 saturated heterocycles. The summed E-state index contributed by atoms with van der Waals surface area (Å²) in [5, 5.41) is 10.1. The van der Waals surface area contributed by atoms with Crippen molar-refractivity contribution in [3.63, 3.8) is 0 Å². The maximum Gasteiger partial charge on any atom is 0.159 e. The molecule has 1 aromatic rings. The van der Waals surface area contributed by atoms with E-state index < -0.39 is 6.10 Å². The van der Waals surface area contributed by atoms with E-state index in [2.05, 4.69) is 11.8 Å². The lowest BCUT2D eigenvalue weighted by Gasteiger charge is -2.34. The number of hydrogen-bond acceptors (Lipinski definition) is 4. The van der Waals surface area contributed by atoms with Gasteiger partial charge in [0.15, 0.2) is 5.78 Å². The van der Waals surface area contributed by atoms with Crippen molar-refractivity contribution in [2.24, 2.45) is 0 Å². The summed E-state index contributed by atoms with van der Waals surface area (Å²) in [5.74, 6) is 0.728. The molecule has 0 saturated carbocycles. The van der Waals surface area contributed by atoms with Crippen LogP contribution in [0.15, 0.2) is 24.3 Å². The van der Waals surface area contributed by atoms with Gasteiger partial charge in [0.05, 0.1) is 0 Å². The minimum Gasteiger partial charge on any atom is -0.491 e. The minimum atomic E-state index is -0.488. The van der Waals surface area contributed by atoms with Crippen molar-refractivity contribution in [3.05, 3.63) is 29.8 Å². The first-order chi connectivity index (χ1) is 10.1. The number of benzene rings is 1. The molecule has 0 radical (unpaired) electrons. The van der Waals surface area contributed by atoms with Crippen molar-refractivity contribution < 1.29 is 14.6 Å². The van der Waals surface area contributed by atoms with Crippen LogP contribution in [0.1, 0.15) is 43.5 Å². The number of rotatable bonds is 6. The Kier molecular flexibility index (Phi) is 5.76. The Labute approximate surface area is 126 Å². The Bertz CT molecular complexity index is 458. The quantitative estimate of drug-likeness (QED) is 0.818. The number of aliphatic hydroxyl groups is 1. The molecule has 2 atom stereocenters. The second-order valence-electron chi connectivity index (χ2n) is 5.89. The standard InChI is InChI=1S/C17H25NO3/c1-13-5-3-4-10-18(13)11-16(20)12-21-17-8-6-15(7-9-17)14(2)19/h6-9,13,16,20H,3-5,10-12H2,1-2H3/t13-,16+/m0/s1. The first kappa shape index (κ1) is 16.0. The number of ether oxygens (including phenoxy) is 1. The van der Waals surface area contributed by atoms with Crippen molar-refractivity contribution in [2.45, 2.75) is 45.3 Å². The minimum absolute atomic E-state index is 0.0423. The van der Waals surface area contributed by atoms with E-state index in [0.29, 0.717) is 23.9 Å². The molecule has 0 aliphatic carbocycles. The first-order valence-corrected chi connectivity index (χ1v) is 7.72. The third-order valence-electron chi connectivity index (χ3n) is 4.09. The molecule has 4 heteroatoms. The lowest BCUT2D eigenvalue weighted by atomic mass is 10.0. The molecular formula is C17H25NO3. The Morgan fingerprint density at radius 1 is 1.38 bits per heavy atom. The summed E-state index contributed by atoms with van der Waals surface area (Å²) in [6.45, 7) is 5.76. The van der Waals surface area contributed by atoms with Gasteiger partial charge in [0.1, 0.15) is 18.5 Å². The van der Waals surface area contributed by atoms with Gasteiger partial charge in [-0.1, -0.05) is 6.42 Å². The van der Waals surface area contributed by atoms with Crippen LogP contribution < -0.4 is 4.74 Å². The van der Waals surface area contributed by atoms with E-state index in [1.807, 2.05) is 0 Å². The second kappa shape index (κ2) is 7.57. The number of piperidine rings is 1. The van der Waals surface area contributed by atoms with Gasteiger partial charge in [0, 0.05) is 18.2 Å². The summed E-state index contributed by atoms with van der Waals surface area (Å²) in [4.78, 5) is 13.5. The van der Waals surface area contributed by atoms with E-state index in [1.54, 1.807) is 31.2 Å². The zero-order valence-electron chi connectivity index (χ0n) is 12.9. The van der Waals surface area contributed by atoms with Crippen LogP contribution in [0.4, 0.5) is 0 Å². The SMILES string of the molecule is CC(=O)c1ccc(OC[C@H](O)CN2CCCC[C@@H]2C)cc1. The van der Waals surface area contributed by atoms with Gasteiger partial charge in [-0.2, -0.15) is 0 Å². The summed E-state index contributed by atoms with van der Waals surface area (Å²) < 4.78 is 5.59. The van der Waals surface area contributed by atoms with E-state index in [4.69, 9.17) is 4.74 Å². The lowest BCUT2D eigenvalue weighted by Crippen LogP contribution is -2.43. The number of β-amino-alcohol motifs (C(OH)–C–C–N with tert-alkyl or cyclic N) is 1. The largest absolute Gasteiger partial charge is 0.491 e. The van der Waals surface area contributed by atoms with E-state index >= 15 is 0 Å². The Morgan fingerprint density at radius 2 is 2.10 bits per heavy atom. The number of Topliss-reactive ketones (excluding diaryl/α,β-unsaturated/α-hetero) is 1. The molecule has 116 valence electrons. The van der Waals surface area contributed by atoms with Crippen LogP contribution in [0.5, 0.6) is 5.75 Å². The van der Waals surface area contributed by atoms with Gasteiger partial charge >= 0.3 is 0 Å². The monoisotopic (exact) mass is 291 g/mol. The van der Waals surface area contributed by atoms with Gasteiger partial charge in [-0.15, -0.1) is 0 Å². The highest BCUT2D eigenvalue weighted by Crippen LogP contribution is 2.17. The molecule has 1 heterocycles. The van der Waals surface area contributed by atoms with Gasteiger partial charge in [-0.3, -0.25) is 9.69 Å². The number of aliphatic hydroxyl groups excluding tert-OH is 1. The van der Waals surface area contributed by atoms with Crippen molar-refractivity contribution in [3.8, 4) is 5.75 Å². The highest BCUT2D eigenvalue weighted by molar-refractivity contribution is 5.94. The molecule has 0 spiro atoms. The van der Waals surface area contributed by atoms with Crippen LogP contribution in [0, 0.1) is 0 Å². The van der Waals surface area contributed by atoms with Crippen molar-refractivity contribution in [1.29, 1.82) is 0 Å². The van der Waals surface area contributed by atoms with Crippen LogP contribution in [0.25, 0.3) is 0 Å². The third-order valence-corrected chi connectivity index (χ3v) is 4.09. The van der Waals surface area contributed by atoms with Gasteiger partial charge in [0.25, 0.3) is 0 Å². The number of ketones is 1. The van der Waals surface area contributed by atoms with Gasteiger partial charge in [-0.25, -0.2) is 0 Å². The molecule has 0 unspecified atom stereocenters. The Balaban J connectivity index is 1.77. The van der Waals surface area contributed by atoms with E-state index in [-0.39, 0.29) is 12.4 Å². The molecule has 1 aliphatic heterocycles. The van der Waals surface area contributed by atoms with E-state index in [1.165, 1.54) is 19.3 Å². The van der Waals surface area contributed by atoms with Crippen molar-refractivity contribution >= 4 is 5.78 Å². The predicted octanol–water partition coefficient (Wildman–Crippen LogP) is 2.50. The summed E-state index contributed by atoms with van der Waals surface area (Å²) in [5.41, 5.74) is 0.671. The average molecular weight is 291 g/mol. The summed E-state index contributed by atoms with van der Waals surface area (Å²) in [6, 6.07) is 7.58. The molecule has 0 aromatic heterocycles. The maximum atomic E-state index is 11.2. The fourth-order valence-electron chi connectivity index (χ4n) is 2.73. The average Bonchev–Trinajstić information content (AvgIpc) is 2.48. The predicted molar refractivity (Wildman–Crippen MR) is 82.8 cm³/mol. The molecule has 1 aliphatic rings. The molecule has 0 bridgehead atoms. The Morgan fingerprint density at radius 3 is 2.71 bits per heavy atom. The van der Waals surface area contributed by atoms with Crippen LogP contribution in [-0.4, -0.2) is 47.6 Å². The summed E-state index contributed by atoms with van der Waals surface area (Å²) in [7, 11) is 0. The van der Waals surface area contributed by atoms with Crippen molar-refractivity contribution in [2.75, 3.05) is 19.7 Å². The molecule has 1 fully saturated rings. The fourth-order valence-corrected chi connectivity index (χ4v) is 2.73. The zero-order chi connectivity index (χ0) is 15.2. The lowest BCUT2D eigenvalue weighted by molar-refractivity contribution is 0.0438. The van der Waals surface area contributed by atoms with Crippen molar-refractivity contribution in [1.82, 2.24) is 4.90 Å². The molecular weight excluding hydrogens is 266 g/mol. The van der Waals surface area contributed by atoms with Crippen LogP contribution in [0.2, 0.25) is 0 Å². The molecule has 1 aromatic carbocycles. The number of likely N-dealkylation sites (tertiary alicyclic amines) is 1. The normalized spacial score (nSPS) is 21.0. The number of carbonyl (C=O) groups is 1. The maximum absolute atomic E-state index is 11.2. The smallest absolute Gasteiger partial charge is 0.159 e. The Hall–Kier alpha value is -1.39. The van der Waals surface area contributed by atoms with Crippen LogP contribution in [-0.2, 0) is 0 Å². The highest BCUT2D eigenvalue weighted by Gasteiger charge is 2.20.